The van der Waals surface area contributed by atoms with Gasteiger partial charge in [-0.3, -0.25) is 9.59 Å². The summed E-state index contributed by atoms with van der Waals surface area (Å²) >= 11 is 0. The van der Waals surface area contributed by atoms with Crippen LogP contribution in [0.15, 0.2) is 18.2 Å². The number of nitrogens with zero attached hydrogens (tertiary/aromatic N) is 1. The van der Waals surface area contributed by atoms with Gasteiger partial charge in [-0.25, -0.2) is 0 Å². The summed E-state index contributed by atoms with van der Waals surface area (Å²) in [6.45, 7) is 6.46. The molecule has 2 amide bonds. The highest BCUT2D eigenvalue weighted by molar-refractivity contribution is 5.98. The largest absolute Gasteiger partial charge is 0.494 e. The van der Waals surface area contributed by atoms with Crippen molar-refractivity contribution in [3.05, 3.63) is 23.8 Å². The molecule has 1 rings (SSSR count). The fourth-order valence-corrected chi connectivity index (χ4v) is 1.83. The Morgan fingerprint density at radius 1 is 1.33 bits per heavy atom. The summed E-state index contributed by atoms with van der Waals surface area (Å²) in [5, 5.41) is 2.67. The van der Waals surface area contributed by atoms with Gasteiger partial charge in [0, 0.05) is 30.9 Å². The molecule has 1 aromatic carbocycles. The zero-order valence-corrected chi connectivity index (χ0v) is 13.0. The molecule has 0 aliphatic heterocycles. The van der Waals surface area contributed by atoms with Crippen LogP contribution in [0.5, 0.6) is 5.75 Å². The van der Waals surface area contributed by atoms with Gasteiger partial charge < -0.3 is 20.7 Å². The topological polar surface area (TPSA) is 84.7 Å². The van der Waals surface area contributed by atoms with Crippen LogP contribution in [0.3, 0.4) is 0 Å². The zero-order chi connectivity index (χ0) is 16.0. The van der Waals surface area contributed by atoms with E-state index in [1.807, 2.05) is 13.8 Å². The maximum absolute atomic E-state index is 12.2. The molecular weight excluding hydrogens is 270 g/mol. The number of benzene rings is 1. The standard InChI is InChI=1S/C15H23N3O3/c1-5-18(4)15(20)10(3)17-14(19)11-7-12(16)9-13(8-11)21-6-2/h7-10H,5-6,16H2,1-4H3,(H,17,19). The van der Waals surface area contributed by atoms with Crippen molar-refractivity contribution < 1.29 is 14.3 Å². The van der Waals surface area contributed by atoms with Crippen LogP contribution in [0, 0.1) is 0 Å². The average Bonchev–Trinajstić information content (AvgIpc) is 2.45. The molecule has 0 bridgehead atoms. The van der Waals surface area contributed by atoms with E-state index in [0.717, 1.165) is 0 Å². The number of ether oxygens (including phenoxy) is 1. The molecule has 0 radical (unpaired) electrons. The van der Waals surface area contributed by atoms with Crippen LogP contribution in [0.1, 0.15) is 31.1 Å². The number of carbonyl (C=O) groups is 2. The average molecular weight is 293 g/mol. The van der Waals surface area contributed by atoms with Gasteiger partial charge in [-0.15, -0.1) is 0 Å². The van der Waals surface area contributed by atoms with Gasteiger partial charge in [-0.1, -0.05) is 0 Å². The molecule has 0 heterocycles. The number of carbonyl (C=O) groups excluding carboxylic acids is 2. The molecule has 6 heteroatoms. The first kappa shape index (κ1) is 16.8. The Kier molecular flexibility index (Phi) is 6.02. The number of likely N-dealkylation sites (N-methyl/N-ethyl adjacent to an activating group) is 1. The fourth-order valence-electron chi connectivity index (χ4n) is 1.83. The van der Waals surface area contributed by atoms with Crippen LogP contribution in [-0.2, 0) is 4.79 Å². The highest BCUT2D eigenvalue weighted by atomic mass is 16.5. The Balaban J connectivity index is 2.82. The predicted molar refractivity (Wildman–Crippen MR) is 82.3 cm³/mol. The summed E-state index contributed by atoms with van der Waals surface area (Å²) in [4.78, 5) is 25.7. The SMILES string of the molecule is CCOc1cc(N)cc(C(=O)NC(C)C(=O)N(C)CC)c1. The lowest BCUT2D eigenvalue weighted by atomic mass is 10.1. The van der Waals surface area contributed by atoms with Crippen molar-refractivity contribution in [2.24, 2.45) is 0 Å². The molecule has 0 spiro atoms. The smallest absolute Gasteiger partial charge is 0.252 e. The molecule has 6 nitrogen and oxygen atoms in total. The predicted octanol–water partition coefficient (Wildman–Crippen LogP) is 1.26. The highest BCUT2D eigenvalue weighted by Crippen LogP contribution is 2.19. The number of amides is 2. The van der Waals surface area contributed by atoms with Crippen molar-refractivity contribution in [3.8, 4) is 5.75 Å². The van der Waals surface area contributed by atoms with Crippen molar-refractivity contribution in [3.63, 3.8) is 0 Å². The van der Waals surface area contributed by atoms with E-state index in [-0.39, 0.29) is 11.8 Å². The molecule has 0 fully saturated rings. The Bertz CT molecular complexity index is 517. The molecule has 3 N–H and O–H groups in total. The van der Waals surface area contributed by atoms with Crippen LogP contribution >= 0.6 is 0 Å². The maximum atomic E-state index is 12.2. The van der Waals surface area contributed by atoms with E-state index in [1.165, 1.54) is 0 Å². The van der Waals surface area contributed by atoms with Crippen molar-refractivity contribution in [2.45, 2.75) is 26.8 Å². The second-order valence-corrected chi connectivity index (χ2v) is 4.77. The monoisotopic (exact) mass is 293 g/mol. The number of hydrogen-bond acceptors (Lipinski definition) is 4. The van der Waals surface area contributed by atoms with Crippen LogP contribution < -0.4 is 15.8 Å². The molecule has 1 atom stereocenters. The first-order valence-corrected chi connectivity index (χ1v) is 6.98. The number of rotatable bonds is 6. The van der Waals surface area contributed by atoms with E-state index in [2.05, 4.69) is 5.32 Å². The molecule has 116 valence electrons. The summed E-state index contributed by atoms with van der Waals surface area (Å²) in [6, 6.07) is 4.22. The Morgan fingerprint density at radius 2 is 2.00 bits per heavy atom. The molecule has 0 aliphatic rings. The fraction of sp³-hybridized carbons (Fsp3) is 0.467. The van der Waals surface area contributed by atoms with Crippen molar-refractivity contribution in [2.75, 3.05) is 25.9 Å². The number of hydrogen-bond donors (Lipinski definition) is 2. The van der Waals surface area contributed by atoms with Gasteiger partial charge in [0.15, 0.2) is 0 Å². The van der Waals surface area contributed by atoms with Gasteiger partial charge in [-0.2, -0.15) is 0 Å². The van der Waals surface area contributed by atoms with Crippen LogP contribution in [0.2, 0.25) is 0 Å². The minimum atomic E-state index is -0.598. The lowest BCUT2D eigenvalue weighted by Gasteiger charge is -2.20. The summed E-state index contributed by atoms with van der Waals surface area (Å²) < 4.78 is 5.35. The van der Waals surface area contributed by atoms with E-state index in [9.17, 15) is 9.59 Å². The third-order valence-corrected chi connectivity index (χ3v) is 3.07. The van der Waals surface area contributed by atoms with Gasteiger partial charge in [0.2, 0.25) is 5.91 Å². The first-order chi connectivity index (χ1) is 9.88. The molecule has 0 aromatic heterocycles. The molecular formula is C15H23N3O3. The van der Waals surface area contributed by atoms with Crippen LogP contribution in [-0.4, -0.2) is 43.0 Å². The van der Waals surface area contributed by atoms with E-state index < -0.39 is 6.04 Å². The molecule has 0 saturated carbocycles. The third-order valence-electron chi connectivity index (χ3n) is 3.07. The summed E-state index contributed by atoms with van der Waals surface area (Å²) in [6.07, 6.45) is 0. The molecule has 21 heavy (non-hydrogen) atoms. The molecule has 0 aliphatic carbocycles. The third kappa shape index (κ3) is 4.66. The number of anilines is 1. The Hall–Kier alpha value is -2.24. The van der Waals surface area contributed by atoms with Crippen molar-refractivity contribution >= 4 is 17.5 Å². The normalized spacial score (nSPS) is 11.6. The lowest BCUT2D eigenvalue weighted by Crippen LogP contribution is -2.45. The maximum Gasteiger partial charge on any atom is 0.252 e. The number of nitrogen functional groups attached to an aromatic ring is 1. The summed E-state index contributed by atoms with van der Waals surface area (Å²) in [7, 11) is 1.69. The minimum Gasteiger partial charge on any atom is -0.494 e. The van der Waals surface area contributed by atoms with E-state index in [4.69, 9.17) is 10.5 Å². The molecule has 0 saturated heterocycles. The zero-order valence-electron chi connectivity index (χ0n) is 13.0. The Labute approximate surface area is 125 Å². The van der Waals surface area contributed by atoms with E-state index in [0.29, 0.717) is 30.2 Å². The number of nitrogens with one attached hydrogen (secondary N) is 1. The van der Waals surface area contributed by atoms with Gasteiger partial charge in [-0.05, 0) is 32.9 Å². The summed E-state index contributed by atoms with van der Waals surface area (Å²) in [5.41, 5.74) is 6.57. The van der Waals surface area contributed by atoms with Crippen molar-refractivity contribution in [1.82, 2.24) is 10.2 Å². The first-order valence-electron chi connectivity index (χ1n) is 6.98. The highest BCUT2D eigenvalue weighted by Gasteiger charge is 2.19. The van der Waals surface area contributed by atoms with Gasteiger partial charge in [0.25, 0.3) is 5.91 Å². The second kappa shape index (κ2) is 7.52. The number of nitrogens with two attached hydrogens (primary N) is 1. The van der Waals surface area contributed by atoms with Gasteiger partial charge in [0.1, 0.15) is 11.8 Å². The molecule has 1 aromatic rings. The minimum absolute atomic E-state index is 0.139. The van der Waals surface area contributed by atoms with E-state index in [1.54, 1.807) is 37.1 Å². The van der Waals surface area contributed by atoms with Crippen LogP contribution in [0.25, 0.3) is 0 Å². The lowest BCUT2D eigenvalue weighted by molar-refractivity contribution is -0.131. The summed E-state index contributed by atoms with van der Waals surface area (Å²) in [5.74, 6) is 0.0423. The van der Waals surface area contributed by atoms with Gasteiger partial charge in [0.05, 0.1) is 6.61 Å². The van der Waals surface area contributed by atoms with Gasteiger partial charge >= 0.3 is 0 Å². The quantitative estimate of drug-likeness (QED) is 0.773. The van der Waals surface area contributed by atoms with E-state index >= 15 is 0 Å². The molecule has 1 unspecified atom stereocenters. The Morgan fingerprint density at radius 3 is 2.57 bits per heavy atom. The van der Waals surface area contributed by atoms with Crippen LogP contribution in [0.4, 0.5) is 5.69 Å². The second-order valence-electron chi connectivity index (χ2n) is 4.77. The van der Waals surface area contributed by atoms with Crippen molar-refractivity contribution in [1.29, 1.82) is 0 Å².